The first-order chi connectivity index (χ1) is 12.9. The van der Waals surface area contributed by atoms with Crippen LogP contribution in [0.2, 0.25) is 0 Å². The molecule has 1 amide bonds. The fraction of sp³-hybridized carbons (Fsp3) is 0.391. The van der Waals surface area contributed by atoms with Gasteiger partial charge in [0, 0.05) is 28.9 Å². The summed E-state index contributed by atoms with van der Waals surface area (Å²) in [5, 5.41) is 1.09. The third-order valence-corrected chi connectivity index (χ3v) is 5.15. The van der Waals surface area contributed by atoms with E-state index in [0.717, 1.165) is 53.7 Å². The SMILES string of the molecule is CCCc1c(-c2ccc3ccccc3n2)c(C(N)=O)c(C)n1CCC(C)C. The van der Waals surface area contributed by atoms with E-state index in [9.17, 15) is 4.79 Å². The van der Waals surface area contributed by atoms with Crippen LogP contribution in [0.1, 0.15) is 55.4 Å². The Morgan fingerprint density at radius 2 is 1.93 bits per heavy atom. The van der Waals surface area contributed by atoms with E-state index in [1.807, 2.05) is 37.3 Å². The van der Waals surface area contributed by atoms with Crippen molar-refractivity contribution in [1.29, 1.82) is 0 Å². The Kier molecular flexibility index (Phi) is 5.64. The lowest BCUT2D eigenvalue weighted by Gasteiger charge is -2.14. The molecule has 0 bridgehead atoms. The molecule has 2 aromatic heterocycles. The number of carbonyl (C=O) groups is 1. The van der Waals surface area contributed by atoms with Crippen LogP contribution in [0.5, 0.6) is 0 Å². The molecule has 4 nitrogen and oxygen atoms in total. The van der Waals surface area contributed by atoms with E-state index in [-0.39, 0.29) is 5.91 Å². The Hall–Kier alpha value is -2.62. The fourth-order valence-corrected chi connectivity index (χ4v) is 3.77. The Morgan fingerprint density at radius 3 is 2.59 bits per heavy atom. The number of para-hydroxylation sites is 1. The summed E-state index contributed by atoms with van der Waals surface area (Å²) in [6.45, 7) is 9.51. The van der Waals surface area contributed by atoms with Gasteiger partial charge in [-0.25, -0.2) is 4.98 Å². The normalized spacial score (nSPS) is 11.4. The number of primary amides is 1. The number of nitrogens with zero attached hydrogens (tertiary/aromatic N) is 2. The van der Waals surface area contributed by atoms with Gasteiger partial charge in [0.05, 0.1) is 16.8 Å². The highest BCUT2D eigenvalue weighted by Gasteiger charge is 2.25. The van der Waals surface area contributed by atoms with Crippen molar-refractivity contribution in [3.63, 3.8) is 0 Å². The number of rotatable bonds is 7. The molecule has 3 aromatic rings. The summed E-state index contributed by atoms with van der Waals surface area (Å²) in [6, 6.07) is 12.1. The third-order valence-electron chi connectivity index (χ3n) is 5.15. The molecule has 0 fully saturated rings. The van der Waals surface area contributed by atoms with Gasteiger partial charge in [-0.15, -0.1) is 0 Å². The Morgan fingerprint density at radius 1 is 1.19 bits per heavy atom. The maximum atomic E-state index is 12.4. The minimum atomic E-state index is -0.377. The van der Waals surface area contributed by atoms with Gasteiger partial charge in [0.2, 0.25) is 0 Å². The van der Waals surface area contributed by atoms with Crippen molar-refractivity contribution >= 4 is 16.8 Å². The zero-order valence-corrected chi connectivity index (χ0v) is 16.7. The number of hydrogen-bond donors (Lipinski definition) is 1. The number of fused-ring (bicyclic) bond motifs is 1. The van der Waals surface area contributed by atoms with Crippen LogP contribution in [0.15, 0.2) is 36.4 Å². The molecule has 0 aliphatic rings. The van der Waals surface area contributed by atoms with Gasteiger partial charge in [0.1, 0.15) is 0 Å². The largest absolute Gasteiger partial charge is 0.366 e. The lowest BCUT2D eigenvalue weighted by molar-refractivity contribution is 0.1000. The van der Waals surface area contributed by atoms with Crippen LogP contribution in [0.25, 0.3) is 22.2 Å². The molecule has 4 heteroatoms. The zero-order valence-electron chi connectivity index (χ0n) is 16.7. The molecule has 0 aliphatic carbocycles. The van der Waals surface area contributed by atoms with Gasteiger partial charge in [-0.1, -0.05) is 51.5 Å². The molecule has 0 saturated carbocycles. The van der Waals surface area contributed by atoms with Crippen molar-refractivity contribution in [2.24, 2.45) is 11.7 Å². The van der Waals surface area contributed by atoms with Crippen LogP contribution in [0, 0.1) is 12.8 Å². The van der Waals surface area contributed by atoms with Crippen LogP contribution >= 0.6 is 0 Å². The average molecular weight is 364 g/mol. The second kappa shape index (κ2) is 7.95. The molecule has 0 spiro atoms. The molecule has 1 aromatic carbocycles. The lowest BCUT2D eigenvalue weighted by Crippen LogP contribution is -2.14. The predicted molar refractivity (Wildman–Crippen MR) is 112 cm³/mol. The first-order valence-corrected chi connectivity index (χ1v) is 9.82. The minimum absolute atomic E-state index is 0.377. The van der Waals surface area contributed by atoms with Crippen molar-refractivity contribution in [1.82, 2.24) is 9.55 Å². The summed E-state index contributed by atoms with van der Waals surface area (Å²) in [5.41, 5.74) is 11.2. The van der Waals surface area contributed by atoms with Gasteiger partial charge < -0.3 is 10.3 Å². The molecule has 0 unspecified atom stereocenters. The molecule has 0 atom stereocenters. The molecule has 2 heterocycles. The quantitative estimate of drug-likeness (QED) is 0.634. The van der Waals surface area contributed by atoms with Crippen LogP contribution in [0.3, 0.4) is 0 Å². The van der Waals surface area contributed by atoms with Crippen molar-refractivity contribution in [3.8, 4) is 11.3 Å². The average Bonchev–Trinajstić information content (AvgIpc) is 2.91. The summed E-state index contributed by atoms with van der Waals surface area (Å²) < 4.78 is 2.29. The third kappa shape index (κ3) is 3.75. The number of amides is 1. The molecule has 0 radical (unpaired) electrons. The standard InChI is InChI=1S/C23H29N3O/c1-5-8-20-22(19-12-11-17-9-6-7-10-18(17)25-19)21(23(24)27)16(4)26(20)14-13-15(2)3/h6-7,9-12,15H,5,8,13-14H2,1-4H3,(H2,24,27). The maximum absolute atomic E-state index is 12.4. The number of benzene rings is 1. The van der Waals surface area contributed by atoms with Crippen LogP contribution in [-0.4, -0.2) is 15.5 Å². The summed E-state index contributed by atoms with van der Waals surface area (Å²) >= 11 is 0. The molecule has 0 aliphatic heterocycles. The Labute approximate surface area is 161 Å². The summed E-state index contributed by atoms with van der Waals surface area (Å²) in [4.78, 5) is 17.2. The molecule has 142 valence electrons. The molecule has 27 heavy (non-hydrogen) atoms. The second-order valence-electron chi connectivity index (χ2n) is 7.62. The number of aromatic nitrogens is 2. The summed E-state index contributed by atoms with van der Waals surface area (Å²) in [7, 11) is 0. The van der Waals surface area contributed by atoms with Crippen molar-refractivity contribution in [2.45, 2.75) is 53.5 Å². The van der Waals surface area contributed by atoms with E-state index in [2.05, 4.69) is 31.4 Å². The molecular weight excluding hydrogens is 334 g/mol. The highest BCUT2D eigenvalue weighted by atomic mass is 16.1. The van der Waals surface area contributed by atoms with Gasteiger partial charge in [0.15, 0.2) is 0 Å². The summed E-state index contributed by atoms with van der Waals surface area (Å²) in [6.07, 6.45) is 2.97. The van der Waals surface area contributed by atoms with Gasteiger partial charge in [-0.3, -0.25) is 4.79 Å². The van der Waals surface area contributed by atoms with Crippen molar-refractivity contribution in [2.75, 3.05) is 0 Å². The smallest absolute Gasteiger partial charge is 0.251 e. The monoisotopic (exact) mass is 363 g/mol. The Balaban J connectivity index is 2.24. The van der Waals surface area contributed by atoms with E-state index in [4.69, 9.17) is 10.7 Å². The van der Waals surface area contributed by atoms with Gasteiger partial charge in [0.25, 0.3) is 5.91 Å². The molecular formula is C23H29N3O. The highest BCUT2D eigenvalue weighted by molar-refractivity contribution is 6.02. The number of hydrogen-bond acceptors (Lipinski definition) is 2. The lowest BCUT2D eigenvalue weighted by atomic mass is 10.0. The molecule has 2 N–H and O–H groups in total. The van der Waals surface area contributed by atoms with Crippen LogP contribution < -0.4 is 5.73 Å². The first kappa shape index (κ1) is 19.2. The minimum Gasteiger partial charge on any atom is -0.366 e. The van der Waals surface area contributed by atoms with Crippen molar-refractivity contribution < 1.29 is 4.79 Å². The molecule has 3 rings (SSSR count). The maximum Gasteiger partial charge on any atom is 0.251 e. The van der Waals surface area contributed by atoms with Gasteiger partial charge >= 0.3 is 0 Å². The fourth-order valence-electron chi connectivity index (χ4n) is 3.77. The topological polar surface area (TPSA) is 60.9 Å². The summed E-state index contributed by atoms with van der Waals surface area (Å²) in [5.74, 6) is 0.221. The Bertz CT molecular complexity index is 969. The van der Waals surface area contributed by atoms with Crippen LogP contribution in [0.4, 0.5) is 0 Å². The van der Waals surface area contributed by atoms with Crippen LogP contribution in [-0.2, 0) is 13.0 Å². The van der Waals surface area contributed by atoms with E-state index in [0.29, 0.717) is 11.5 Å². The number of pyridine rings is 1. The number of carbonyl (C=O) groups excluding carboxylic acids is 1. The van der Waals surface area contributed by atoms with E-state index in [1.54, 1.807) is 0 Å². The van der Waals surface area contributed by atoms with Gasteiger partial charge in [-0.2, -0.15) is 0 Å². The van der Waals surface area contributed by atoms with E-state index >= 15 is 0 Å². The zero-order chi connectivity index (χ0) is 19.6. The van der Waals surface area contributed by atoms with Crippen molar-refractivity contribution in [3.05, 3.63) is 53.3 Å². The molecule has 0 saturated heterocycles. The predicted octanol–water partition coefficient (Wildman–Crippen LogP) is 5.11. The second-order valence-corrected chi connectivity index (χ2v) is 7.62. The number of nitrogens with two attached hydrogens (primary N) is 1. The van der Waals surface area contributed by atoms with E-state index < -0.39 is 0 Å². The van der Waals surface area contributed by atoms with E-state index in [1.165, 1.54) is 5.69 Å². The van der Waals surface area contributed by atoms with Gasteiger partial charge in [-0.05, 0) is 37.8 Å². The first-order valence-electron chi connectivity index (χ1n) is 9.82. The highest BCUT2D eigenvalue weighted by Crippen LogP contribution is 2.34.